The molecule has 0 aromatic heterocycles. The molecule has 2 rings (SSSR count). The monoisotopic (exact) mass is 288 g/mol. The van der Waals surface area contributed by atoms with Crippen LogP contribution in [0.1, 0.15) is 11.1 Å². The lowest BCUT2D eigenvalue weighted by Gasteiger charge is -2.12. The smallest absolute Gasteiger partial charge is 0.237 e. The number of phenols is 1. The number of carbonyl (C=O) groups is 1. The van der Waals surface area contributed by atoms with Gasteiger partial charge >= 0.3 is 0 Å². The highest BCUT2D eigenvalue weighted by Gasteiger charge is 2.13. The number of rotatable bonds is 5. The average Bonchev–Trinajstić information content (AvgIpc) is 2.47. The van der Waals surface area contributed by atoms with E-state index < -0.39 is 6.04 Å². The van der Waals surface area contributed by atoms with Gasteiger partial charge in [-0.2, -0.15) is 0 Å². The van der Waals surface area contributed by atoms with Crippen molar-refractivity contribution in [3.8, 4) is 5.75 Å². The first-order chi connectivity index (χ1) is 10.0. The molecule has 0 radical (unpaired) electrons. The molecule has 21 heavy (non-hydrogen) atoms. The highest BCUT2D eigenvalue weighted by Crippen LogP contribution is 2.11. The molecule has 0 unspecified atom stereocenters. The fraction of sp³-hybridized carbons (Fsp3) is 0.188. The third-order valence-electron chi connectivity index (χ3n) is 3.08. The molecule has 0 aliphatic heterocycles. The maximum atomic E-state index is 13.0. The van der Waals surface area contributed by atoms with Gasteiger partial charge in [0.15, 0.2) is 0 Å². The third-order valence-corrected chi connectivity index (χ3v) is 3.08. The van der Waals surface area contributed by atoms with Gasteiger partial charge in [-0.3, -0.25) is 4.79 Å². The Morgan fingerprint density at radius 1 is 1.19 bits per heavy atom. The van der Waals surface area contributed by atoms with Gasteiger partial charge in [0.1, 0.15) is 11.6 Å². The summed E-state index contributed by atoms with van der Waals surface area (Å²) in [5.74, 6) is -0.467. The van der Waals surface area contributed by atoms with Crippen molar-refractivity contribution in [2.24, 2.45) is 5.73 Å². The molecule has 0 aliphatic carbocycles. The van der Waals surface area contributed by atoms with E-state index in [-0.39, 0.29) is 24.0 Å². The Kier molecular flexibility index (Phi) is 4.90. The quantitative estimate of drug-likeness (QED) is 0.784. The molecule has 2 aromatic carbocycles. The molecule has 0 bridgehead atoms. The fourth-order valence-corrected chi connectivity index (χ4v) is 1.95. The van der Waals surface area contributed by atoms with Crippen LogP contribution in [0.25, 0.3) is 0 Å². The summed E-state index contributed by atoms with van der Waals surface area (Å²) in [6.07, 6.45) is 0.370. The number of benzene rings is 2. The maximum Gasteiger partial charge on any atom is 0.237 e. The second-order valence-electron chi connectivity index (χ2n) is 4.82. The van der Waals surface area contributed by atoms with Crippen LogP contribution in [0.2, 0.25) is 0 Å². The van der Waals surface area contributed by atoms with Crippen molar-refractivity contribution in [3.05, 3.63) is 65.5 Å². The zero-order valence-corrected chi connectivity index (χ0v) is 11.4. The van der Waals surface area contributed by atoms with Crippen molar-refractivity contribution in [3.63, 3.8) is 0 Å². The minimum atomic E-state index is -0.692. The zero-order valence-electron chi connectivity index (χ0n) is 11.4. The summed E-state index contributed by atoms with van der Waals surface area (Å²) < 4.78 is 13.0. The van der Waals surface area contributed by atoms with E-state index in [1.165, 1.54) is 12.1 Å². The molecular weight excluding hydrogens is 271 g/mol. The van der Waals surface area contributed by atoms with Gasteiger partial charge in [-0.25, -0.2) is 4.39 Å². The Hall–Kier alpha value is -2.40. The zero-order chi connectivity index (χ0) is 15.2. The largest absolute Gasteiger partial charge is 0.508 e. The molecule has 2 aromatic rings. The standard InChI is InChI=1S/C16H17FN2O2/c17-13-3-1-2-12(8-13)10-19-16(21)15(18)9-11-4-6-14(20)7-5-11/h1-8,15,20H,9-10,18H2,(H,19,21)/t15-/m0/s1. The van der Waals surface area contributed by atoms with Gasteiger partial charge in [0.25, 0.3) is 0 Å². The molecule has 1 amide bonds. The molecular formula is C16H17FN2O2. The van der Waals surface area contributed by atoms with Crippen molar-refractivity contribution in [1.29, 1.82) is 0 Å². The van der Waals surface area contributed by atoms with Gasteiger partial charge in [0.05, 0.1) is 6.04 Å². The summed E-state index contributed by atoms with van der Waals surface area (Å²) in [5.41, 5.74) is 7.38. The van der Waals surface area contributed by atoms with Gasteiger partial charge < -0.3 is 16.2 Å². The Labute approximate surface area is 122 Å². The van der Waals surface area contributed by atoms with Gasteiger partial charge in [-0.05, 0) is 41.8 Å². The molecule has 0 spiro atoms. The molecule has 0 aliphatic rings. The first kappa shape index (κ1) is 15.0. The van der Waals surface area contributed by atoms with Gasteiger partial charge in [-0.1, -0.05) is 24.3 Å². The predicted octanol–water partition coefficient (Wildman–Crippen LogP) is 1.72. The third kappa shape index (κ3) is 4.57. The molecule has 1 atom stereocenters. The van der Waals surface area contributed by atoms with Crippen LogP contribution in [0.5, 0.6) is 5.75 Å². The lowest BCUT2D eigenvalue weighted by molar-refractivity contribution is -0.122. The molecule has 110 valence electrons. The van der Waals surface area contributed by atoms with Crippen molar-refractivity contribution >= 4 is 5.91 Å². The second-order valence-corrected chi connectivity index (χ2v) is 4.82. The van der Waals surface area contributed by atoms with Crippen LogP contribution < -0.4 is 11.1 Å². The van der Waals surface area contributed by atoms with E-state index in [1.807, 2.05) is 0 Å². The van der Waals surface area contributed by atoms with Gasteiger partial charge in [-0.15, -0.1) is 0 Å². The molecule has 4 N–H and O–H groups in total. The number of nitrogens with one attached hydrogen (secondary N) is 1. The van der Waals surface area contributed by atoms with Crippen LogP contribution in [0, 0.1) is 5.82 Å². The predicted molar refractivity (Wildman–Crippen MR) is 78.0 cm³/mol. The SMILES string of the molecule is N[C@@H](Cc1ccc(O)cc1)C(=O)NCc1cccc(F)c1. The molecule has 0 saturated carbocycles. The van der Waals surface area contributed by atoms with Crippen LogP contribution in [0.3, 0.4) is 0 Å². The summed E-state index contributed by atoms with van der Waals surface area (Å²) in [6.45, 7) is 0.236. The van der Waals surface area contributed by atoms with E-state index in [1.54, 1.807) is 36.4 Å². The highest BCUT2D eigenvalue weighted by atomic mass is 19.1. The molecule has 0 fully saturated rings. The van der Waals surface area contributed by atoms with E-state index in [0.717, 1.165) is 5.56 Å². The topological polar surface area (TPSA) is 75.3 Å². The number of nitrogens with two attached hydrogens (primary N) is 1. The number of phenolic OH excluding ortho intramolecular Hbond substituents is 1. The fourth-order valence-electron chi connectivity index (χ4n) is 1.95. The van der Waals surface area contributed by atoms with Crippen LogP contribution in [0.15, 0.2) is 48.5 Å². The van der Waals surface area contributed by atoms with Crippen molar-refractivity contribution in [2.45, 2.75) is 19.0 Å². The molecule has 0 saturated heterocycles. The van der Waals surface area contributed by atoms with E-state index in [2.05, 4.69) is 5.32 Å². The number of amides is 1. The van der Waals surface area contributed by atoms with E-state index in [9.17, 15) is 14.3 Å². The number of halogens is 1. The van der Waals surface area contributed by atoms with Crippen molar-refractivity contribution in [2.75, 3.05) is 0 Å². The van der Waals surface area contributed by atoms with Crippen molar-refractivity contribution < 1.29 is 14.3 Å². The summed E-state index contributed by atoms with van der Waals surface area (Å²) >= 11 is 0. The lowest BCUT2D eigenvalue weighted by atomic mass is 10.1. The first-order valence-corrected chi connectivity index (χ1v) is 6.60. The van der Waals surface area contributed by atoms with E-state index >= 15 is 0 Å². The van der Waals surface area contributed by atoms with Crippen LogP contribution in [-0.2, 0) is 17.8 Å². The molecule has 5 heteroatoms. The lowest BCUT2D eigenvalue weighted by Crippen LogP contribution is -2.41. The van der Waals surface area contributed by atoms with Crippen LogP contribution in [0.4, 0.5) is 4.39 Å². The molecule has 0 heterocycles. The first-order valence-electron chi connectivity index (χ1n) is 6.60. The summed E-state index contributed by atoms with van der Waals surface area (Å²) in [5, 5.41) is 11.9. The number of carbonyl (C=O) groups excluding carboxylic acids is 1. The summed E-state index contributed by atoms with van der Waals surface area (Å²) in [4.78, 5) is 11.9. The van der Waals surface area contributed by atoms with Crippen LogP contribution >= 0.6 is 0 Å². The highest BCUT2D eigenvalue weighted by molar-refractivity contribution is 5.81. The number of aromatic hydroxyl groups is 1. The van der Waals surface area contributed by atoms with Crippen molar-refractivity contribution in [1.82, 2.24) is 5.32 Å². The second kappa shape index (κ2) is 6.85. The minimum Gasteiger partial charge on any atom is -0.508 e. The van der Waals surface area contributed by atoms with Gasteiger partial charge in [0.2, 0.25) is 5.91 Å². The Bertz CT molecular complexity index is 614. The summed E-state index contributed by atoms with van der Waals surface area (Å²) in [6, 6.07) is 11.9. The normalized spacial score (nSPS) is 11.9. The Morgan fingerprint density at radius 2 is 1.90 bits per heavy atom. The van der Waals surface area contributed by atoms with E-state index in [4.69, 9.17) is 5.73 Å². The summed E-state index contributed by atoms with van der Waals surface area (Å²) in [7, 11) is 0. The Balaban J connectivity index is 1.86. The number of hydrogen-bond donors (Lipinski definition) is 3. The van der Waals surface area contributed by atoms with E-state index in [0.29, 0.717) is 12.0 Å². The Morgan fingerprint density at radius 3 is 2.57 bits per heavy atom. The maximum absolute atomic E-state index is 13.0. The number of hydrogen-bond acceptors (Lipinski definition) is 3. The van der Waals surface area contributed by atoms with Gasteiger partial charge in [0, 0.05) is 6.54 Å². The minimum absolute atomic E-state index is 0.169. The molecule has 4 nitrogen and oxygen atoms in total. The average molecular weight is 288 g/mol. The van der Waals surface area contributed by atoms with Crippen LogP contribution in [-0.4, -0.2) is 17.1 Å².